The van der Waals surface area contributed by atoms with Gasteiger partial charge in [-0.3, -0.25) is 14.5 Å². The van der Waals surface area contributed by atoms with E-state index in [2.05, 4.69) is 22.8 Å². The van der Waals surface area contributed by atoms with Crippen molar-refractivity contribution in [3.63, 3.8) is 0 Å². The predicted octanol–water partition coefficient (Wildman–Crippen LogP) is 1.88. The van der Waals surface area contributed by atoms with E-state index in [1.54, 1.807) is 7.11 Å². The Morgan fingerprint density at radius 1 is 1.21 bits per heavy atom. The van der Waals surface area contributed by atoms with E-state index in [0.29, 0.717) is 30.7 Å². The van der Waals surface area contributed by atoms with Crippen LogP contribution >= 0.6 is 0 Å². The van der Waals surface area contributed by atoms with Crippen molar-refractivity contribution in [2.75, 3.05) is 20.2 Å². The number of carbonyl (C=O) groups excluding carboxylic acids is 3. The standard InChI is InChI=1S/C22H27N3O4/c1-29-18-6-3-14(4-7-18)8-9-25-21(27)19(24-22(25)28)12-20(26)23-13-17-11-15-2-5-16(17)10-15/h2-7,15-17,19H,8-13H2,1H3,(H,23,26)(H,24,28)/t15-,16-,17+,19-/m0/s1. The van der Waals surface area contributed by atoms with Crippen LogP contribution in [0.1, 0.15) is 24.8 Å². The van der Waals surface area contributed by atoms with Crippen molar-refractivity contribution in [3.05, 3.63) is 42.0 Å². The number of methoxy groups -OCH3 is 1. The molecule has 1 heterocycles. The van der Waals surface area contributed by atoms with Crippen LogP contribution in [0.25, 0.3) is 0 Å². The highest BCUT2D eigenvalue weighted by Gasteiger charge is 2.39. The number of allylic oxidation sites excluding steroid dienone is 2. The molecule has 1 saturated heterocycles. The second-order valence-electron chi connectivity index (χ2n) is 8.14. The molecule has 2 bridgehead atoms. The molecule has 1 aromatic carbocycles. The molecule has 29 heavy (non-hydrogen) atoms. The minimum absolute atomic E-state index is 0.0136. The van der Waals surface area contributed by atoms with Gasteiger partial charge in [0.15, 0.2) is 0 Å². The minimum Gasteiger partial charge on any atom is -0.497 e. The number of nitrogens with one attached hydrogen (secondary N) is 2. The van der Waals surface area contributed by atoms with Crippen LogP contribution in [0.5, 0.6) is 5.75 Å². The summed E-state index contributed by atoms with van der Waals surface area (Å²) >= 11 is 0. The molecule has 4 amide bonds. The van der Waals surface area contributed by atoms with Gasteiger partial charge in [0, 0.05) is 13.1 Å². The molecule has 1 aromatic rings. The Labute approximate surface area is 170 Å². The van der Waals surface area contributed by atoms with E-state index in [1.807, 2.05) is 24.3 Å². The zero-order valence-electron chi connectivity index (χ0n) is 16.6. The third-order valence-electron chi connectivity index (χ3n) is 6.26. The highest BCUT2D eigenvalue weighted by Crippen LogP contribution is 2.42. The number of nitrogens with zero attached hydrogens (tertiary/aromatic N) is 1. The number of imide groups is 1. The molecule has 1 saturated carbocycles. The van der Waals surface area contributed by atoms with E-state index in [9.17, 15) is 14.4 Å². The number of hydrogen-bond donors (Lipinski definition) is 2. The highest BCUT2D eigenvalue weighted by molar-refractivity contribution is 6.05. The van der Waals surface area contributed by atoms with E-state index in [1.165, 1.54) is 11.3 Å². The molecule has 0 unspecified atom stereocenters. The minimum atomic E-state index is -0.779. The van der Waals surface area contributed by atoms with Crippen LogP contribution in [0.3, 0.4) is 0 Å². The van der Waals surface area contributed by atoms with Crippen LogP contribution in [-0.2, 0) is 16.0 Å². The maximum absolute atomic E-state index is 12.6. The number of carbonyl (C=O) groups is 3. The van der Waals surface area contributed by atoms with Gasteiger partial charge in [0.2, 0.25) is 5.91 Å². The molecule has 2 aliphatic carbocycles. The summed E-state index contributed by atoms with van der Waals surface area (Å²) in [4.78, 5) is 38.3. The molecular formula is C22H27N3O4. The van der Waals surface area contributed by atoms with Crippen LogP contribution < -0.4 is 15.4 Å². The van der Waals surface area contributed by atoms with E-state index >= 15 is 0 Å². The van der Waals surface area contributed by atoms with Gasteiger partial charge in [-0.1, -0.05) is 24.3 Å². The summed E-state index contributed by atoms with van der Waals surface area (Å²) in [5, 5.41) is 5.59. The number of amides is 4. The number of urea groups is 1. The van der Waals surface area contributed by atoms with Crippen molar-refractivity contribution in [2.45, 2.75) is 31.7 Å². The van der Waals surface area contributed by atoms with Crippen LogP contribution in [0.15, 0.2) is 36.4 Å². The first-order valence-electron chi connectivity index (χ1n) is 10.2. The summed E-state index contributed by atoms with van der Waals surface area (Å²) in [5.74, 6) is 1.97. The third-order valence-corrected chi connectivity index (χ3v) is 6.26. The fourth-order valence-electron chi connectivity index (χ4n) is 4.59. The lowest BCUT2D eigenvalue weighted by Gasteiger charge is -2.19. The summed E-state index contributed by atoms with van der Waals surface area (Å²) < 4.78 is 5.13. The maximum Gasteiger partial charge on any atom is 0.324 e. The van der Waals surface area contributed by atoms with Gasteiger partial charge < -0.3 is 15.4 Å². The molecule has 2 N–H and O–H groups in total. The van der Waals surface area contributed by atoms with E-state index < -0.39 is 12.1 Å². The summed E-state index contributed by atoms with van der Waals surface area (Å²) in [6, 6.07) is 6.30. The number of hydrogen-bond acceptors (Lipinski definition) is 4. The van der Waals surface area contributed by atoms with Gasteiger partial charge in [0.25, 0.3) is 5.91 Å². The largest absolute Gasteiger partial charge is 0.497 e. The Hall–Kier alpha value is -2.83. The average Bonchev–Trinajstić information content (AvgIpc) is 3.41. The topological polar surface area (TPSA) is 87.7 Å². The number of benzene rings is 1. The molecule has 0 aromatic heterocycles. The van der Waals surface area contributed by atoms with Crippen molar-refractivity contribution >= 4 is 17.8 Å². The van der Waals surface area contributed by atoms with E-state index in [4.69, 9.17) is 4.74 Å². The van der Waals surface area contributed by atoms with Crippen LogP contribution in [-0.4, -0.2) is 49.0 Å². The molecule has 0 spiro atoms. The molecule has 4 atom stereocenters. The van der Waals surface area contributed by atoms with Crippen LogP contribution in [0, 0.1) is 17.8 Å². The quantitative estimate of drug-likeness (QED) is 0.518. The zero-order chi connectivity index (χ0) is 20.4. The van der Waals surface area contributed by atoms with Crippen molar-refractivity contribution in [1.82, 2.24) is 15.5 Å². The normalized spacial score (nSPS) is 27.4. The van der Waals surface area contributed by atoms with Gasteiger partial charge in [-0.2, -0.15) is 0 Å². The SMILES string of the molecule is COc1ccc(CCN2C(=O)N[C@@H](CC(=O)NC[C@H]3C[C@H]4C=C[C@H]3C4)C2=O)cc1. The summed E-state index contributed by atoms with van der Waals surface area (Å²) in [6.07, 6.45) is 7.39. The molecule has 7 nitrogen and oxygen atoms in total. The van der Waals surface area contributed by atoms with Gasteiger partial charge in [-0.25, -0.2) is 4.79 Å². The van der Waals surface area contributed by atoms with Gasteiger partial charge in [-0.15, -0.1) is 0 Å². The van der Waals surface area contributed by atoms with Gasteiger partial charge in [0.05, 0.1) is 13.5 Å². The summed E-state index contributed by atoms with van der Waals surface area (Å²) in [7, 11) is 1.60. The maximum atomic E-state index is 12.6. The monoisotopic (exact) mass is 397 g/mol. The first kappa shape index (κ1) is 19.5. The molecule has 3 aliphatic rings. The second kappa shape index (κ2) is 8.27. The molecule has 2 fully saturated rings. The fourth-order valence-corrected chi connectivity index (χ4v) is 4.59. The first-order valence-corrected chi connectivity index (χ1v) is 10.2. The number of ether oxygens (including phenoxy) is 1. The van der Waals surface area contributed by atoms with Gasteiger partial charge in [-0.05, 0) is 54.7 Å². The van der Waals surface area contributed by atoms with E-state index in [-0.39, 0.29) is 24.8 Å². The zero-order valence-corrected chi connectivity index (χ0v) is 16.6. The lowest BCUT2D eigenvalue weighted by atomic mass is 9.93. The van der Waals surface area contributed by atoms with Crippen molar-refractivity contribution in [3.8, 4) is 5.75 Å². The predicted molar refractivity (Wildman–Crippen MR) is 107 cm³/mol. The molecular weight excluding hydrogens is 370 g/mol. The van der Waals surface area contributed by atoms with E-state index in [0.717, 1.165) is 17.7 Å². The Morgan fingerprint density at radius 3 is 2.66 bits per heavy atom. The van der Waals surface area contributed by atoms with Crippen molar-refractivity contribution < 1.29 is 19.1 Å². The van der Waals surface area contributed by atoms with Gasteiger partial charge >= 0.3 is 6.03 Å². The van der Waals surface area contributed by atoms with Crippen LogP contribution in [0.2, 0.25) is 0 Å². The average molecular weight is 397 g/mol. The molecule has 7 heteroatoms. The van der Waals surface area contributed by atoms with Crippen molar-refractivity contribution in [1.29, 1.82) is 0 Å². The van der Waals surface area contributed by atoms with Gasteiger partial charge in [0.1, 0.15) is 11.8 Å². The van der Waals surface area contributed by atoms with Crippen molar-refractivity contribution in [2.24, 2.45) is 17.8 Å². The summed E-state index contributed by atoms with van der Waals surface area (Å²) in [6.45, 7) is 0.924. The number of fused-ring (bicyclic) bond motifs is 2. The smallest absolute Gasteiger partial charge is 0.324 e. The lowest BCUT2D eigenvalue weighted by molar-refractivity contribution is -0.130. The lowest BCUT2D eigenvalue weighted by Crippen LogP contribution is -2.38. The Bertz CT molecular complexity index is 820. The molecule has 0 radical (unpaired) electrons. The molecule has 4 rings (SSSR count). The highest BCUT2D eigenvalue weighted by atomic mass is 16.5. The Balaban J connectivity index is 1.23. The number of rotatable bonds is 8. The third kappa shape index (κ3) is 4.28. The molecule has 1 aliphatic heterocycles. The second-order valence-corrected chi connectivity index (χ2v) is 8.14. The Kier molecular flexibility index (Phi) is 5.56. The fraction of sp³-hybridized carbons (Fsp3) is 0.500. The van der Waals surface area contributed by atoms with Crippen LogP contribution in [0.4, 0.5) is 4.79 Å². The molecule has 154 valence electrons. The summed E-state index contributed by atoms with van der Waals surface area (Å²) in [5.41, 5.74) is 1.01. The first-order chi connectivity index (χ1) is 14.0. The Morgan fingerprint density at radius 2 is 2.00 bits per heavy atom.